The highest BCUT2D eigenvalue weighted by molar-refractivity contribution is 5.93. The van der Waals surface area contributed by atoms with Gasteiger partial charge in [0, 0.05) is 22.5 Å². The average molecular weight is 788 g/mol. The van der Waals surface area contributed by atoms with Crippen LogP contribution in [0.15, 0.2) is 176 Å². The Morgan fingerprint density at radius 1 is 0.410 bits per heavy atom. The van der Waals surface area contributed by atoms with Gasteiger partial charge in [-0.1, -0.05) is 166 Å². The summed E-state index contributed by atoms with van der Waals surface area (Å²) in [7, 11) is 0. The van der Waals surface area contributed by atoms with Crippen LogP contribution in [0.3, 0.4) is 0 Å². The largest absolute Gasteiger partial charge is 0.310 e. The molecule has 2 aliphatic rings. The first-order chi connectivity index (χ1) is 29.7. The Morgan fingerprint density at radius 2 is 0.934 bits per heavy atom. The zero-order chi connectivity index (χ0) is 41.9. The van der Waals surface area contributed by atoms with E-state index in [1.54, 1.807) is 0 Å². The highest BCUT2D eigenvalue weighted by Crippen LogP contribution is 2.58. The van der Waals surface area contributed by atoms with Crippen molar-refractivity contribution in [2.75, 3.05) is 4.90 Å². The zero-order valence-corrected chi connectivity index (χ0v) is 36.3. The monoisotopic (exact) mass is 787 g/mol. The van der Waals surface area contributed by atoms with E-state index < -0.39 is 5.41 Å². The van der Waals surface area contributed by atoms with E-state index >= 15 is 0 Å². The van der Waals surface area contributed by atoms with Crippen LogP contribution in [-0.4, -0.2) is 0 Å². The molecule has 8 aromatic rings. The normalized spacial score (nSPS) is 14.1. The predicted octanol–water partition coefficient (Wildman–Crippen LogP) is 16.0. The molecule has 0 radical (unpaired) electrons. The molecule has 0 amide bonds. The zero-order valence-electron chi connectivity index (χ0n) is 36.3. The third kappa shape index (κ3) is 6.13. The van der Waals surface area contributed by atoms with E-state index in [1.807, 2.05) is 0 Å². The van der Waals surface area contributed by atoms with Crippen molar-refractivity contribution in [3.63, 3.8) is 0 Å². The van der Waals surface area contributed by atoms with Crippen molar-refractivity contribution < 1.29 is 0 Å². The summed E-state index contributed by atoms with van der Waals surface area (Å²) in [5.41, 5.74) is 24.1. The second-order valence-corrected chi connectivity index (χ2v) is 17.5. The average Bonchev–Trinajstić information content (AvgIpc) is 3.73. The van der Waals surface area contributed by atoms with E-state index in [9.17, 15) is 0 Å². The highest BCUT2D eigenvalue weighted by atomic mass is 15.1. The minimum absolute atomic E-state index is 0.0981. The van der Waals surface area contributed by atoms with Gasteiger partial charge in [0.15, 0.2) is 0 Å². The summed E-state index contributed by atoms with van der Waals surface area (Å²) in [6, 6.07) is 66.3. The number of nitrogens with zero attached hydrogens (tertiary/aromatic N) is 1. The molecule has 61 heavy (non-hydrogen) atoms. The lowest BCUT2D eigenvalue weighted by molar-refractivity contribution is 0.490. The van der Waals surface area contributed by atoms with Crippen LogP contribution in [-0.2, 0) is 10.8 Å². The molecule has 0 heterocycles. The van der Waals surface area contributed by atoms with Gasteiger partial charge in [0.2, 0.25) is 0 Å². The van der Waals surface area contributed by atoms with Gasteiger partial charge in [0.05, 0.1) is 5.41 Å². The molecule has 298 valence electrons. The summed E-state index contributed by atoms with van der Waals surface area (Å²) in [5.74, 6) is 0. The van der Waals surface area contributed by atoms with Gasteiger partial charge in [-0.3, -0.25) is 0 Å². The maximum absolute atomic E-state index is 2.50. The lowest BCUT2D eigenvalue weighted by Crippen LogP contribution is -2.28. The maximum atomic E-state index is 2.50. The van der Waals surface area contributed by atoms with Crippen LogP contribution in [0.5, 0.6) is 0 Å². The van der Waals surface area contributed by atoms with E-state index in [1.165, 1.54) is 106 Å². The molecule has 0 saturated heterocycles. The first kappa shape index (κ1) is 38.5. The fourth-order valence-corrected chi connectivity index (χ4v) is 11.2. The molecular weight excluding hydrogens is 735 g/mol. The van der Waals surface area contributed by atoms with Crippen molar-refractivity contribution >= 4 is 29.2 Å². The third-order valence-electron chi connectivity index (χ3n) is 13.7. The second-order valence-electron chi connectivity index (χ2n) is 17.5. The van der Waals surface area contributed by atoms with Gasteiger partial charge in [0.1, 0.15) is 0 Å². The first-order valence-electron chi connectivity index (χ1n) is 22.0. The molecule has 10 rings (SSSR count). The molecular formula is C60H53N. The Hall–Kier alpha value is -6.70. The number of anilines is 3. The Balaban J connectivity index is 1.08. The van der Waals surface area contributed by atoms with Gasteiger partial charge in [-0.05, 0) is 166 Å². The lowest BCUT2D eigenvalue weighted by atomic mass is 9.67. The standard InChI is InChI=1S/C60H53N/c1-7-59(8-2)56-38-44(27-30-51(56)52-31-29-48(39-57(52)59)61(49-34-40(3)32-41(4)35-49)50-36-42(5)33-43(6)37-50)26-28-45-18-17-25-55-58(45)53-23-15-16-24-54(53)60(55,46-19-11-9-12-20-46)47-21-13-10-14-22-47/h9-39H,7-8H2,1-6H3/b28-26+. The van der Waals surface area contributed by atoms with Crippen molar-refractivity contribution in [1.29, 1.82) is 0 Å². The molecule has 1 nitrogen and oxygen atoms in total. The van der Waals surface area contributed by atoms with Crippen molar-refractivity contribution in [1.82, 2.24) is 0 Å². The lowest BCUT2D eigenvalue weighted by Gasteiger charge is -2.33. The summed E-state index contributed by atoms with van der Waals surface area (Å²) in [6.45, 7) is 13.6. The van der Waals surface area contributed by atoms with E-state index in [0.717, 1.165) is 12.8 Å². The molecule has 0 saturated carbocycles. The quantitative estimate of drug-likeness (QED) is 0.132. The van der Waals surface area contributed by atoms with Gasteiger partial charge in [-0.25, -0.2) is 0 Å². The molecule has 0 aromatic heterocycles. The predicted molar refractivity (Wildman–Crippen MR) is 260 cm³/mol. The Morgan fingerprint density at radius 3 is 1.52 bits per heavy atom. The molecule has 2 aliphatic carbocycles. The minimum atomic E-state index is -0.412. The number of benzene rings is 8. The van der Waals surface area contributed by atoms with Crippen LogP contribution >= 0.6 is 0 Å². The summed E-state index contributed by atoms with van der Waals surface area (Å²) in [4.78, 5) is 2.47. The number of fused-ring (bicyclic) bond motifs is 6. The van der Waals surface area contributed by atoms with Crippen LogP contribution in [0.1, 0.15) is 93.5 Å². The highest BCUT2D eigenvalue weighted by Gasteiger charge is 2.46. The molecule has 0 bridgehead atoms. The van der Waals surface area contributed by atoms with Gasteiger partial charge in [-0.15, -0.1) is 0 Å². The third-order valence-corrected chi connectivity index (χ3v) is 13.7. The van der Waals surface area contributed by atoms with Crippen LogP contribution in [0, 0.1) is 27.7 Å². The van der Waals surface area contributed by atoms with Crippen molar-refractivity contribution in [2.45, 2.75) is 65.2 Å². The summed E-state index contributed by atoms with van der Waals surface area (Å²) in [5, 5.41) is 0. The van der Waals surface area contributed by atoms with E-state index in [2.05, 4.69) is 235 Å². The van der Waals surface area contributed by atoms with Crippen molar-refractivity contribution in [3.8, 4) is 22.3 Å². The van der Waals surface area contributed by atoms with Gasteiger partial charge >= 0.3 is 0 Å². The number of aryl methyl sites for hydroxylation is 4. The summed E-state index contributed by atoms with van der Waals surface area (Å²) < 4.78 is 0. The van der Waals surface area contributed by atoms with Gasteiger partial charge < -0.3 is 4.90 Å². The fraction of sp³-hybridized carbons (Fsp3) is 0.167. The van der Waals surface area contributed by atoms with E-state index in [-0.39, 0.29) is 5.41 Å². The van der Waals surface area contributed by atoms with Crippen LogP contribution in [0.25, 0.3) is 34.4 Å². The summed E-state index contributed by atoms with van der Waals surface area (Å²) in [6.07, 6.45) is 6.75. The fourth-order valence-electron chi connectivity index (χ4n) is 11.2. The Kier molecular flexibility index (Phi) is 9.52. The van der Waals surface area contributed by atoms with Crippen molar-refractivity contribution in [3.05, 3.63) is 243 Å². The molecule has 0 aliphatic heterocycles. The molecule has 0 fully saturated rings. The molecule has 0 spiro atoms. The van der Waals surface area contributed by atoms with E-state index in [4.69, 9.17) is 0 Å². The molecule has 0 N–H and O–H groups in total. The van der Waals surface area contributed by atoms with Gasteiger partial charge in [-0.2, -0.15) is 0 Å². The Bertz CT molecular complexity index is 2850. The number of rotatable bonds is 9. The number of hydrogen-bond donors (Lipinski definition) is 0. The molecule has 0 atom stereocenters. The molecule has 0 unspecified atom stereocenters. The maximum Gasteiger partial charge on any atom is 0.0713 e. The SMILES string of the molecule is CCC1(CC)c2cc(/C=C/c3cccc4c3-c3ccccc3C4(c3ccccc3)c3ccccc3)ccc2-c2ccc(N(c3cc(C)cc(C)c3)c3cc(C)cc(C)c3)cc21. The second kappa shape index (κ2) is 15.1. The number of hydrogen-bond acceptors (Lipinski definition) is 1. The van der Waals surface area contributed by atoms with Crippen molar-refractivity contribution in [2.24, 2.45) is 0 Å². The Labute approximate surface area is 362 Å². The van der Waals surface area contributed by atoms with Crippen LogP contribution in [0.4, 0.5) is 17.1 Å². The topological polar surface area (TPSA) is 3.24 Å². The minimum Gasteiger partial charge on any atom is -0.310 e. The van der Waals surface area contributed by atoms with Gasteiger partial charge in [0.25, 0.3) is 0 Å². The molecule has 1 heteroatoms. The van der Waals surface area contributed by atoms with Crippen LogP contribution in [0.2, 0.25) is 0 Å². The van der Waals surface area contributed by atoms with E-state index in [0.29, 0.717) is 0 Å². The molecule has 8 aromatic carbocycles. The smallest absolute Gasteiger partial charge is 0.0713 e. The summed E-state index contributed by atoms with van der Waals surface area (Å²) >= 11 is 0. The first-order valence-corrected chi connectivity index (χ1v) is 22.0. The van der Waals surface area contributed by atoms with Crippen LogP contribution < -0.4 is 4.90 Å².